The molecular formula is C33H20N2O3S2. The molecule has 0 radical (unpaired) electrons. The molecule has 5 nitrogen and oxygen atoms in total. The minimum Gasteiger partial charge on any atom is -0.293 e. The van der Waals surface area contributed by atoms with Crippen molar-refractivity contribution in [3.05, 3.63) is 126 Å². The third kappa shape index (κ3) is 4.20. The number of carbonyl (C=O) groups is 3. The third-order valence-electron chi connectivity index (χ3n) is 7.02. The number of thiazole rings is 1. The van der Waals surface area contributed by atoms with Crippen molar-refractivity contribution in [2.24, 2.45) is 0 Å². The van der Waals surface area contributed by atoms with E-state index in [0.717, 1.165) is 31.1 Å². The number of aromatic nitrogens is 1. The van der Waals surface area contributed by atoms with Gasteiger partial charge < -0.3 is 0 Å². The van der Waals surface area contributed by atoms with E-state index in [1.165, 1.54) is 28.0 Å². The summed E-state index contributed by atoms with van der Waals surface area (Å²) in [6.45, 7) is 0. The maximum Gasteiger partial charge on any atom is 0.265 e. The van der Waals surface area contributed by atoms with Gasteiger partial charge in [0, 0.05) is 22.1 Å². The van der Waals surface area contributed by atoms with Crippen molar-refractivity contribution in [1.82, 2.24) is 4.98 Å². The summed E-state index contributed by atoms with van der Waals surface area (Å²) in [6.07, 6.45) is 0. The van der Waals surface area contributed by atoms with Crippen LogP contribution in [0.4, 0.5) is 5.69 Å². The van der Waals surface area contributed by atoms with E-state index in [2.05, 4.69) is 4.98 Å². The van der Waals surface area contributed by atoms with E-state index in [9.17, 15) is 14.4 Å². The zero-order chi connectivity index (χ0) is 27.2. The lowest BCUT2D eigenvalue weighted by molar-refractivity contribution is 0.0892. The van der Waals surface area contributed by atoms with Crippen LogP contribution >= 0.6 is 23.1 Å². The molecule has 192 valence electrons. The van der Waals surface area contributed by atoms with Crippen molar-refractivity contribution >= 4 is 67.4 Å². The quantitative estimate of drug-likeness (QED) is 0.119. The summed E-state index contributed by atoms with van der Waals surface area (Å²) in [5, 5.41) is 1.57. The van der Waals surface area contributed by atoms with E-state index in [-0.39, 0.29) is 23.4 Å². The zero-order valence-electron chi connectivity index (χ0n) is 21.0. The number of ketones is 1. The van der Waals surface area contributed by atoms with E-state index in [1.807, 2.05) is 91.0 Å². The summed E-state index contributed by atoms with van der Waals surface area (Å²) < 4.78 is 1.60. The van der Waals surface area contributed by atoms with Gasteiger partial charge in [-0.15, -0.1) is 11.3 Å². The molecule has 0 fully saturated rings. The SMILES string of the molecule is O=C(CSc1nc2ccc(N3C(=O)c4cccc5cccc(c45)C3=O)cc2s1)c1ccc(-c2ccccc2)cc1. The lowest BCUT2D eigenvalue weighted by atomic mass is 9.94. The van der Waals surface area contributed by atoms with Crippen LogP contribution in [0.3, 0.4) is 0 Å². The fourth-order valence-corrected chi connectivity index (χ4v) is 7.04. The Morgan fingerprint density at radius 2 is 1.43 bits per heavy atom. The number of imide groups is 1. The maximum atomic E-state index is 13.4. The topological polar surface area (TPSA) is 67.3 Å². The van der Waals surface area contributed by atoms with Crippen molar-refractivity contribution in [2.75, 3.05) is 10.7 Å². The van der Waals surface area contributed by atoms with Crippen molar-refractivity contribution < 1.29 is 14.4 Å². The van der Waals surface area contributed by atoms with Gasteiger partial charge in [0.05, 0.1) is 21.7 Å². The molecule has 7 heteroatoms. The van der Waals surface area contributed by atoms with Crippen LogP contribution in [0, 0.1) is 0 Å². The van der Waals surface area contributed by atoms with Gasteiger partial charge in [-0.3, -0.25) is 14.4 Å². The average molecular weight is 557 g/mol. The number of hydrogen-bond acceptors (Lipinski definition) is 6. The largest absolute Gasteiger partial charge is 0.293 e. The van der Waals surface area contributed by atoms with E-state index in [1.54, 1.807) is 18.2 Å². The first-order chi connectivity index (χ1) is 19.6. The van der Waals surface area contributed by atoms with Crippen LogP contribution < -0.4 is 4.90 Å². The molecular weight excluding hydrogens is 537 g/mol. The highest BCUT2D eigenvalue weighted by Crippen LogP contribution is 2.36. The second-order valence-corrected chi connectivity index (χ2v) is 11.7. The van der Waals surface area contributed by atoms with Gasteiger partial charge in [0.1, 0.15) is 0 Å². The van der Waals surface area contributed by atoms with Crippen LogP contribution in [-0.4, -0.2) is 28.3 Å². The molecule has 2 amide bonds. The standard InChI is InChI=1S/C33H20N2O3S2/c36-28(22-14-12-21(13-15-22)20-6-2-1-3-7-20)19-39-33-34-27-17-16-24(18-29(27)40-33)35-31(37)25-10-4-8-23-9-5-11-26(30(23)25)32(35)38/h1-18H,19H2. The minimum atomic E-state index is -0.336. The highest BCUT2D eigenvalue weighted by molar-refractivity contribution is 8.01. The molecule has 0 spiro atoms. The first-order valence-corrected chi connectivity index (χ1v) is 14.5. The second-order valence-electron chi connectivity index (χ2n) is 9.44. The molecule has 6 aromatic rings. The number of amides is 2. The highest BCUT2D eigenvalue weighted by Gasteiger charge is 2.34. The van der Waals surface area contributed by atoms with E-state index < -0.39 is 0 Å². The molecule has 0 saturated heterocycles. The number of benzene rings is 5. The fraction of sp³-hybridized carbons (Fsp3) is 0.0303. The first-order valence-electron chi connectivity index (χ1n) is 12.7. The van der Waals surface area contributed by atoms with Crippen molar-refractivity contribution in [3.8, 4) is 11.1 Å². The Kier molecular flexibility index (Phi) is 6.03. The van der Waals surface area contributed by atoms with Gasteiger partial charge in [-0.05, 0) is 46.8 Å². The molecule has 0 saturated carbocycles. The summed E-state index contributed by atoms with van der Waals surface area (Å²) >= 11 is 2.83. The number of fused-ring (bicyclic) bond motifs is 1. The predicted octanol–water partition coefficient (Wildman–Crippen LogP) is 7.89. The molecule has 7 rings (SSSR count). The molecule has 1 aliphatic heterocycles. The van der Waals surface area contributed by atoms with Gasteiger partial charge in [0.15, 0.2) is 10.1 Å². The van der Waals surface area contributed by atoms with Crippen LogP contribution in [0.15, 0.2) is 114 Å². The Bertz CT molecular complexity index is 1910. The van der Waals surface area contributed by atoms with Crippen LogP contribution in [0.25, 0.3) is 32.1 Å². The van der Waals surface area contributed by atoms with Crippen molar-refractivity contribution in [1.29, 1.82) is 0 Å². The van der Waals surface area contributed by atoms with E-state index >= 15 is 0 Å². The molecule has 0 unspecified atom stereocenters. The fourth-order valence-electron chi connectivity index (χ4n) is 5.05. The molecule has 40 heavy (non-hydrogen) atoms. The van der Waals surface area contributed by atoms with Gasteiger partial charge in [-0.2, -0.15) is 0 Å². The summed E-state index contributed by atoms with van der Waals surface area (Å²) in [4.78, 5) is 45.6. The summed E-state index contributed by atoms with van der Waals surface area (Å²) in [6, 6.07) is 34.1. The summed E-state index contributed by atoms with van der Waals surface area (Å²) in [7, 11) is 0. The van der Waals surface area contributed by atoms with Crippen LogP contribution in [-0.2, 0) is 0 Å². The number of rotatable bonds is 6. The molecule has 0 N–H and O–H groups in total. The highest BCUT2D eigenvalue weighted by atomic mass is 32.2. The van der Waals surface area contributed by atoms with Gasteiger partial charge in [0.25, 0.3) is 11.8 Å². The number of anilines is 1. The van der Waals surface area contributed by atoms with Crippen molar-refractivity contribution in [3.63, 3.8) is 0 Å². The van der Waals surface area contributed by atoms with Gasteiger partial charge >= 0.3 is 0 Å². The maximum absolute atomic E-state index is 13.4. The monoisotopic (exact) mass is 556 g/mol. The zero-order valence-corrected chi connectivity index (χ0v) is 22.7. The van der Waals surface area contributed by atoms with Crippen LogP contribution in [0.5, 0.6) is 0 Å². The molecule has 0 aliphatic carbocycles. The number of carbonyl (C=O) groups excluding carboxylic acids is 3. The third-order valence-corrected chi connectivity index (χ3v) is 9.18. The summed E-state index contributed by atoms with van der Waals surface area (Å²) in [5.41, 5.74) is 5.14. The lowest BCUT2D eigenvalue weighted by Crippen LogP contribution is -2.40. The molecule has 1 aliphatic rings. The smallest absolute Gasteiger partial charge is 0.265 e. The van der Waals surface area contributed by atoms with Gasteiger partial charge in [-0.1, -0.05) is 90.6 Å². The van der Waals surface area contributed by atoms with Crippen molar-refractivity contribution in [2.45, 2.75) is 4.34 Å². The Labute approximate surface area is 238 Å². The molecule has 2 heterocycles. The number of hydrogen-bond donors (Lipinski definition) is 0. The average Bonchev–Trinajstić information content (AvgIpc) is 3.41. The summed E-state index contributed by atoms with van der Waals surface area (Å²) in [5.74, 6) is -0.378. The normalized spacial score (nSPS) is 12.8. The van der Waals surface area contributed by atoms with E-state index in [4.69, 9.17) is 0 Å². The van der Waals surface area contributed by atoms with Crippen LogP contribution in [0.1, 0.15) is 31.1 Å². The van der Waals surface area contributed by atoms with Gasteiger partial charge in [0.2, 0.25) is 0 Å². The Morgan fingerprint density at radius 3 is 2.12 bits per heavy atom. The van der Waals surface area contributed by atoms with E-state index in [0.29, 0.717) is 27.8 Å². The van der Waals surface area contributed by atoms with Crippen LogP contribution in [0.2, 0.25) is 0 Å². The first kappa shape index (κ1) is 24.5. The Morgan fingerprint density at radius 1 is 0.750 bits per heavy atom. The molecule has 0 bridgehead atoms. The number of thioether (sulfide) groups is 1. The van der Waals surface area contributed by atoms with Gasteiger partial charge in [-0.25, -0.2) is 9.88 Å². The second kappa shape index (κ2) is 9.86. The molecule has 5 aromatic carbocycles. The molecule has 0 atom stereocenters. The number of Topliss-reactive ketones (excluding diaryl/α,β-unsaturated/α-hetero) is 1. The number of nitrogens with zero attached hydrogens (tertiary/aromatic N) is 2. The molecule has 1 aromatic heterocycles. The Hall–Kier alpha value is -4.59. The lowest BCUT2D eigenvalue weighted by Gasteiger charge is -2.27. The predicted molar refractivity (Wildman–Crippen MR) is 162 cm³/mol. The Balaban J connectivity index is 1.10. The minimum absolute atomic E-state index is 0.0295.